The maximum atomic E-state index is 13.1. The van der Waals surface area contributed by atoms with E-state index in [9.17, 15) is 43.2 Å². The first-order valence-corrected chi connectivity index (χ1v) is 43.4. The Morgan fingerprint density at radius 3 is 0.849 bits per heavy atom. The van der Waals surface area contributed by atoms with E-state index in [1.807, 2.05) is 18.2 Å². The van der Waals surface area contributed by atoms with Gasteiger partial charge in [-0.25, -0.2) is 9.13 Å². The highest BCUT2D eigenvalue weighted by Crippen LogP contribution is 2.45. The second-order valence-corrected chi connectivity index (χ2v) is 29.1. The number of ether oxygens (including phenoxy) is 4. The summed E-state index contributed by atoms with van der Waals surface area (Å²) >= 11 is 0. The molecule has 0 aliphatic rings. The van der Waals surface area contributed by atoms with E-state index in [2.05, 4.69) is 180 Å². The van der Waals surface area contributed by atoms with Crippen LogP contribution in [0.4, 0.5) is 0 Å². The molecule has 19 heteroatoms. The molecule has 5 unspecified atom stereocenters. The third kappa shape index (κ3) is 76.6. The highest BCUT2D eigenvalue weighted by Gasteiger charge is 2.30. The number of unbranched alkanes of at least 4 members (excludes halogenated alkanes) is 20. The lowest BCUT2D eigenvalue weighted by Crippen LogP contribution is -2.30. The largest absolute Gasteiger partial charge is 0.472 e. The lowest BCUT2D eigenvalue weighted by Gasteiger charge is -2.21. The highest BCUT2D eigenvalue weighted by atomic mass is 31.2. The van der Waals surface area contributed by atoms with Crippen LogP contribution in [0.25, 0.3) is 0 Å². The monoisotopic (exact) mass is 1520 g/mol. The maximum Gasteiger partial charge on any atom is 0.472 e. The van der Waals surface area contributed by atoms with Crippen molar-refractivity contribution in [2.45, 2.75) is 316 Å². The van der Waals surface area contributed by atoms with Crippen LogP contribution in [0.5, 0.6) is 0 Å². The third-order valence-electron chi connectivity index (χ3n) is 16.2. The number of rotatable bonds is 74. The van der Waals surface area contributed by atoms with Crippen molar-refractivity contribution in [3.63, 3.8) is 0 Å². The summed E-state index contributed by atoms with van der Waals surface area (Å²) in [4.78, 5) is 73.0. The van der Waals surface area contributed by atoms with Crippen LogP contribution in [0.15, 0.2) is 170 Å². The number of aliphatic hydroxyl groups excluding tert-OH is 1. The molecular formula is C87H142O17P2. The van der Waals surface area contributed by atoms with Crippen LogP contribution in [-0.4, -0.2) is 96.7 Å². The number of carbonyl (C=O) groups is 4. The zero-order valence-electron chi connectivity index (χ0n) is 65.8. The van der Waals surface area contributed by atoms with Crippen molar-refractivity contribution in [2.24, 2.45) is 0 Å². The number of aliphatic hydroxyl groups is 1. The molecule has 17 nitrogen and oxygen atoms in total. The molecule has 0 bridgehead atoms. The van der Waals surface area contributed by atoms with Crippen molar-refractivity contribution >= 4 is 39.5 Å². The van der Waals surface area contributed by atoms with Gasteiger partial charge in [0.2, 0.25) is 0 Å². The van der Waals surface area contributed by atoms with Gasteiger partial charge in [0.05, 0.1) is 26.4 Å². The maximum absolute atomic E-state index is 13.1. The fourth-order valence-electron chi connectivity index (χ4n) is 10.1. The van der Waals surface area contributed by atoms with Gasteiger partial charge in [-0.05, 0) is 167 Å². The number of esters is 4. The predicted octanol–water partition coefficient (Wildman–Crippen LogP) is 23.8. The Morgan fingerprint density at radius 2 is 0.509 bits per heavy atom. The van der Waals surface area contributed by atoms with Gasteiger partial charge in [0, 0.05) is 25.7 Å². The molecule has 0 aliphatic heterocycles. The van der Waals surface area contributed by atoms with Crippen LogP contribution < -0.4 is 0 Å². The molecule has 602 valence electrons. The number of phosphoric ester groups is 2. The van der Waals surface area contributed by atoms with Crippen LogP contribution in [0.3, 0.4) is 0 Å². The van der Waals surface area contributed by atoms with Gasteiger partial charge in [-0.2, -0.15) is 0 Å². The van der Waals surface area contributed by atoms with E-state index < -0.39 is 97.5 Å². The fraction of sp³-hybridized carbons (Fsp3) is 0.632. The molecular weight excluding hydrogens is 1380 g/mol. The third-order valence-corrected chi connectivity index (χ3v) is 18.1. The molecule has 0 aliphatic carbocycles. The molecule has 3 N–H and O–H groups in total. The van der Waals surface area contributed by atoms with Gasteiger partial charge in [-0.3, -0.25) is 37.3 Å². The van der Waals surface area contributed by atoms with E-state index in [1.54, 1.807) is 0 Å². The minimum Gasteiger partial charge on any atom is -0.462 e. The summed E-state index contributed by atoms with van der Waals surface area (Å²) < 4.78 is 68.5. The Kier molecular flexibility index (Phi) is 73.5. The smallest absolute Gasteiger partial charge is 0.462 e. The standard InChI is InChI=1S/C87H142O17P2/c1-5-9-13-17-21-25-29-33-36-38-40-42-45-49-52-56-60-64-68-72-85(90)98-78-83(104-87(92)74-70-66-62-58-54-50-46-43-41-39-37-34-30-26-22-18-14-10-6-2)80-102-106(95,96)100-76-81(88)75-99-105(93,94)101-79-82(103-86(91)73-69-65-61-57-53-47-32-28-24-20-16-12-8-4)77-97-84(89)71-67-63-59-55-51-48-44-35-31-27-23-19-15-11-7-3/h9-10,13-14,21-23,25-28,32-37,40-44,49-50,52,54,60,64,81-83,88H,5-8,11-12,15-20,24,29-31,38-39,45-48,51,53,55-59,61-63,65-80H2,1-4H3,(H,93,94)(H,95,96)/b13-9-,14-10-,25-21-,26-22-,27-23-,32-28-,36-33-,37-34-,42-40-,43-41-,44-35-,52-49-,54-50-,64-60-. The quantitative estimate of drug-likeness (QED) is 0.0169. The Morgan fingerprint density at radius 1 is 0.274 bits per heavy atom. The zero-order chi connectivity index (χ0) is 77.4. The number of phosphoric acid groups is 2. The van der Waals surface area contributed by atoms with E-state index in [1.165, 1.54) is 44.9 Å². The molecule has 0 aromatic carbocycles. The van der Waals surface area contributed by atoms with Gasteiger partial charge in [-0.1, -0.05) is 275 Å². The van der Waals surface area contributed by atoms with Crippen LogP contribution in [0.1, 0.15) is 297 Å². The van der Waals surface area contributed by atoms with Gasteiger partial charge in [-0.15, -0.1) is 0 Å². The van der Waals surface area contributed by atoms with Crippen molar-refractivity contribution in [2.75, 3.05) is 39.6 Å². The first-order valence-electron chi connectivity index (χ1n) is 40.4. The van der Waals surface area contributed by atoms with E-state index in [0.717, 1.165) is 167 Å². The highest BCUT2D eigenvalue weighted by molar-refractivity contribution is 7.47. The van der Waals surface area contributed by atoms with Crippen molar-refractivity contribution in [1.82, 2.24) is 0 Å². The molecule has 0 radical (unpaired) electrons. The molecule has 106 heavy (non-hydrogen) atoms. The topological polar surface area (TPSA) is 237 Å². The Labute approximate surface area is 642 Å². The SMILES string of the molecule is CC/C=C\C/C=C\C/C=C\C/C=C\C/C=C\C/C=C\CCC(=O)OCC(COP(=O)(O)OCC(O)COP(=O)(O)OCC(COC(=O)CCCCCCC/C=C\C/C=C\CCCCC)OC(=O)CCCCCCC/C=C\CCCCCC)OC(=O)CCCCC/C=C\C/C=C\C/C=C\C/C=C\C/C=C\CC. The normalized spacial score (nSPS) is 14.7. The molecule has 0 spiro atoms. The molecule has 0 saturated heterocycles. The second kappa shape index (κ2) is 77.6. The van der Waals surface area contributed by atoms with E-state index in [-0.39, 0.29) is 25.7 Å². The average molecular weight is 1520 g/mol. The summed E-state index contributed by atoms with van der Waals surface area (Å²) in [5.74, 6) is -2.35. The molecule has 0 fully saturated rings. The minimum absolute atomic E-state index is 0.0218. The van der Waals surface area contributed by atoms with E-state index in [4.69, 9.17) is 37.0 Å². The minimum atomic E-state index is -5.01. The van der Waals surface area contributed by atoms with Crippen LogP contribution in [-0.2, 0) is 65.4 Å². The Balaban J connectivity index is 5.50. The Bertz CT molecular complexity index is 2680. The fourth-order valence-corrected chi connectivity index (χ4v) is 11.6. The summed E-state index contributed by atoms with van der Waals surface area (Å²) in [6.45, 7) is 4.45. The van der Waals surface area contributed by atoms with Gasteiger partial charge in [0.25, 0.3) is 0 Å². The summed E-state index contributed by atoms with van der Waals surface area (Å²) in [7, 11) is -10.0. The summed E-state index contributed by atoms with van der Waals surface area (Å²) in [6.07, 6.45) is 92.0. The zero-order valence-corrected chi connectivity index (χ0v) is 67.6. The van der Waals surface area contributed by atoms with Crippen LogP contribution >= 0.6 is 15.6 Å². The van der Waals surface area contributed by atoms with Crippen molar-refractivity contribution in [3.8, 4) is 0 Å². The van der Waals surface area contributed by atoms with E-state index in [0.29, 0.717) is 32.1 Å². The lowest BCUT2D eigenvalue weighted by molar-refractivity contribution is -0.161. The summed E-state index contributed by atoms with van der Waals surface area (Å²) in [5.41, 5.74) is 0. The van der Waals surface area contributed by atoms with Crippen molar-refractivity contribution in [3.05, 3.63) is 170 Å². The van der Waals surface area contributed by atoms with Crippen LogP contribution in [0, 0.1) is 0 Å². The number of allylic oxidation sites excluding steroid dienone is 28. The molecule has 0 saturated carbocycles. The molecule has 0 aromatic rings. The van der Waals surface area contributed by atoms with Gasteiger partial charge in [0.15, 0.2) is 12.2 Å². The first kappa shape index (κ1) is 100. The van der Waals surface area contributed by atoms with Crippen LogP contribution in [0.2, 0.25) is 0 Å². The first-order chi connectivity index (χ1) is 51.7. The molecule has 0 rings (SSSR count). The number of hydrogen-bond acceptors (Lipinski definition) is 15. The molecule has 5 atom stereocenters. The van der Waals surface area contributed by atoms with E-state index >= 15 is 0 Å². The summed E-state index contributed by atoms with van der Waals surface area (Å²) in [5, 5.41) is 10.6. The predicted molar refractivity (Wildman–Crippen MR) is 436 cm³/mol. The van der Waals surface area contributed by atoms with Gasteiger partial charge < -0.3 is 33.8 Å². The van der Waals surface area contributed by atoms with Gasteiger partial charge >= 0.3 is 39.5 Å². The van der Waals surface area contributed by atoms with Crippen molar-refractivity contribution < 1.29 is 80.2 Å². The number of carbonyl (C=O) groups excluding carboxylic acids is 4. The van der Waals surface area contributed by atoms with Gasteiger partial charge in [0.1, 0.15) is 19.3 Å². The second-order valence-electron chi connectivity index (χ2n) is 26.2. The molecule has 0 heterocycles. The summed E-state index contributed by atoms with van der Waals surface area (Å²) in [6, 6.07) is 0. The number of hydrogen-bond donors (Lipinski definition) is 3. The molecule has 0 aromatic heterocycles. The van der Waals surface area contributed by atoms with Crippen molar-refractivity contribution in [1.29, 1.82) is 0 Å². The Hall–Kier alpha value is -5.58. The lowest BCUT2D eigenvalue weighted by atomic mass is 10.1. The molecule has 0 amide bonds. The average Bonchev–Trinajstić information content (AvgIpc) is 0.903.